The van der Waals surface area contributed by atoms with Crippen molar-refractivity contribution in [2.24, 2.45) is 0 Å². The molecule has 2 N–H and O–H groups in total. The third-order valence-electron chi connectivity index (χ3n) is 1.82. The third kappa shape index (κ3) is 1.96. The van der Waals surface area contributed by atoms with Crippen LogP contribution in [0.2, 0.25) is 0 Å². The summed E-state index contributed by atoms with van der Waals surface area (Å²) in [5, 5.41) is 0.344. The maximum atomic E-state index is 12.5. The first kappa shape index (κ1) is 10.4. The van der Waals surface area contributed by atoms with E-state index in [4.69, 9.17) is 5.73 Å². The van der Waals surface area contributed by atoms with Crippen LogP contribution in [0.4, 0.5) is 14.5 Å². The fraction of sp³-hybridized carbons (Fsp3) is 0.375. The Balaban J connectivity index is 3.35. The molecule has 0 unspecified atom stereocenters. The van der Waals surface area contributed by atoms with Crippen LogP contribution in [0.3, 0.4) is 0 Å². The molecule has 0 aliphatic carbocycles. The van der Waals surface area contributed by atoms with Crippen LogP contribution in [-0.4, -0.2) is 4.98 Å². The molecule has 0 atom stereocenters. The van der Waals surface area contributed by atoms with Crippen LogP contribution in [0, 0.1) is 6.92 Å². The third-order valence-corrected chi connectivity index (χ3v) is 2.38. The van der Waals surface area contributed by atoms with Gasteiger partial charge in [-0.15, -0.1) is 0 Å². The van der Waals surface area contributed by atoms with E-state index in [0.717, 1.165) is 0 Å². The number of pyridine rings is 1. The lowest BCUT2D eigenvalue weighted by molar-refractivity contribution is 0.151. The van der Waals surface area contributed by atoms with Gasteiger partial charge in [-0.3, -0.25) is 4.98 Å². The van der Waals surface area contributed by atoms with Crippen molar-refractivity contribution in [2.45, 2.75) is 18.7 Å². The smallest absolute Gasteiger partial charge is 0.266 e. The van der Waals surface area contributed by atoms with Crippen LogP contribution in [0.15, 0.2) is 6.20 Å². The zero-order valence-corrected chi connectivity index (χ0v) is 8.61. The second-order valence-corrected chi connectivity index (χ2v) is 3.19. The van der Waals surface area contributed by atoms with Crippen LogP contribution in [0.25, 0.3) is 0 Å². The van der Waals surface area contributed by atoms with Gasteiger partial charge >= 0.3 is 0 Å². The summed E-state index contributed by atoms with van der Waals surface area (Å²) in [6.45, 7) is 1.68. The van der Waals surface area contributed by atoms with Crippen molar-refractivity contribution in [2.75, 3.05) is 5.73 Å². The lowest BCUT2D eigenvalue weighted by Gasteiger charge is -2.11. The maximum absolute atomic E-state index is 12.5. The van der Waals surface area contributed by atoms with Crippen LogP contribution >= 0.6 is 15.9 Å². The number of nitrogens with zero attached hydrogens (tertiary/aromatic N) is 1. The van der Waals surface area contributed by atoms with Crippen molar-refractivity contribution in [1.29, 1.82) is 0 Å². The highest BCUT2D eigenvalue weighted by Crippen LogP contribution is 2.30. The molecule has 0 aliphatic heterocycles. The number of hydrogen-bond donors (Lipinski definition) is 1. The summed E-state index contributed by atoms with van der Waals surface area (Å²) < 4.78 is 25.1. The van der Waals surface area contributed by atoms with E-state index in [2.05, 4.69) is 20.9 Å². The standard InChI is InChI=1S/C8H9BrF2N2/c1-4-5(2-9)7(8(10)11)6(12)3-13-4/h3,8H,2,12H2,1H3. The van der Waals surface area contributed by atoms with Gasteiger partial charge in [-0.2, -0.15) is 0 Å². The number of rotatable bonds is 2. The number of aryl methyl sites for hydroxylation is 1. The van der Waals surface area contributed by atoms with Gasteiger partial charge in [-0.25, -0.2) is 8.78 Å². The molecule has 5 heteroatoms. The van der Waals surface area contributed by atoms with Gasteiger partial charge in [0.2, 0.25) is 0 Å². The van der Waals surface area contributed by atoms with Crippen molar-refractivity contribution in [3.63, 3.8) is 0 Å². The molecule has 0 spiro atoms. The Morgan fingerprint density at radius 3 is 2.62 bits per heavy atom. The lowest BCUT2D eigenvalue weighted by Crippen LogP contribution is -2.03. The number of hydrogen-bond acceptors (Lipinski definition) is 2. The molecule has 0 bridgehead atoms. The summed E-state index contributed by atoms with van der Waals surface area (Å²) in [6.07, 6.45) is -1.28. The van der Waals surface area contributed by atoms with E-state index in [1.54, 1.807) is 6.92 Å². The highest BCUT2D eigenvalue weighted by molar-refractivity contribution is 9.08. The SMILES string of the molecule is Cc1ncc(N)c(C(F)F)c1CBr. The Labute approximate surface area is 83.3 Å². The van der Waals surface area contributed by atoms with Crippen molar-refractivity contribution in [3.05, 3.63) is 23.0 Å². The van der Waals surface area contributed by atoms with E-state index < -0.39 is 6.43 Å². The molecule has 72 valence electrons. The Morgan fingerprint density at radius 2 is 2.23 bits per heavy atom. The Hall–Kier alpha value is -0.710. The first-order valence-corrected chi connectivity index (χ1v) is 4.78. The van der Waals surface area contributed by atoms with Crippen LogP contribution < -0.4 is 5.73 Å². The summed E-state index contributed by atoms with van der Waals surface area (Å²) >= 11 is 3.13. The van der Waals surface area contributed by atoms with E-state index in [-0.39, 0.29) is 11.3 Å². The molecular formula is C8H9BrF2N2. The predicted molar refractivity (Wildman–Crippen MR) is 51.0 cm³/mol. The highest BCUT2D eigenvalue weighted by Gasteiger charge is 2.18. The van der Waals surface area contributed by atoms with E-state index in [0.29, 0.717) is 16.6 Å². The molecule has 0 amide bonds. The topological polar surface area (TPSA) is 38.9 Å². The summed E-state index contributed by atoms with van der Waals surface area (Å²) in [6, 6.07) is 0. The fourth-order valence-corrected chi connectivity index (χ4v) is 1.82. The maximum Gasteiger partial charge on any atom is 0.266 e. The average molecular weight is 251 g/mol. The number of halogens is 3. The minimum Gasteiger partial charge on any atom is -0.397 e. The van der Waals surface area contributed by atoms with Gasteiger partial charge in [0.25, 0.3) is 6.43 Å². The monoisotopic (exact) mass is 250 g/mol. The molecule has 2 nitrogen and oxygen atoms in total. The first-order valence-electron chi connectivity index (χ1n) is 3.66. The first-order chi connectivity index (χ1) is 6.07. The molecule has 1 heterocycles. The number of anilines is 1. The molecule has 0 saturated heterocycles. The molecule has 0 aromatic carbocycles. The normalized spacial score (nSPS) is 10.8. The summed E-state index contributed by atoms with van der Waals surface area (Å²) in [5.41, 5.74) is 6.41. The molecule has 13 heavy (non-hydrogen) atoms. The summed E-state index contributed by atoms with van der Waals surface area (Å²) in [5.74, 6) is 0. The van der Waals surface area contributed by atoms with Gasteiger partial charge in [-0.1, -0.05) is 15.9 Å². The molecular weight excluding hydrogens is 242 g/mol. The molecule has 1 aromatic heterocycles. The van der Waals surface area contributed by atoms with E-state index in [1.807, 2.05) is 0 Å². The molecule has 0 fully saturated rings. The van der Waals surface area contributed by atoms with E-state index in [1.165, 1.54) is 6.20 Å². The molecule has 0 saturated carbocycles. The van der Waals surface area contributed by atoms with E-state index in [9.17, 15) is 8.78 Å². The highest BCUT2D eigenvalue weighted by atomic mass is 79.9. The van der Waals surface area contributed by atoms with Crippen molar-refractivity contribution in [3.8, 4) is 0 Å². The second kappa shape index (κ2) is 4.00. The van der Waals surface area contributed by atoms with Crippen LogP contribution in [0.1, 0.15) is 23.2 Å². The van der Waals surface area contributed by atoms with Gasteiger partial charge in [0, 0.05) is 16.6 Å². The molecule has 0 aliphatic rings. The number of nitrogen functional groups attached to an aromatic ring is 1. The Morgan fingerprint density at radius 1 is 1.62 bits per heavy atom. The average Bonchev–Trinajstić information content (AvgIpc) is 2.07. The Kier molecular flexibility index (Phi) is 3.19. The van der Waals surface area contributed by atoms with Crippen molar-refractivity contribution < 1.29 is 8.78 Å². The molecule has 1 rings (SSSR count). The number of nitrogens with two attached hydrogens (primary N) is 1. The largest absolute Gasteiger partial charge is 0.397 e. The van der Waals surface area contributed by atoms with Crippen molar-refractivity contribution >= 4 is 21.6 Å². The molecule has 1 aromatic rings. The summed E-state index contributed by atoms with van der Waals surface area (Å²) in [4.78, 5) is 3.90. The zero-order valence-electron chi connectivity index (χ0n) is 7.02. The predicted octanol–water partition coefficient (Wildman–Crippen LogP) is 2.80. The van der Waals surface area contributed by atoms with Gasteiger partial charge in [0.1, 0.15) is 0 Å². The van der Waals surface area contributed by atoms with Gasteiger partial charge in [-0.05, 0) is 12.5 Å². The van der Waals surface area contributed by atoms with Gasteiger partial charge in [0.15, 0.2) is 0 Å². The lowest BCUT2D eigenvalue weighted by atomic mass is 10.1. The van der Waals surface area contributed by atoms with Crippen LogP contribution in [-0.2, 0) is 5.33 Å². The zero-order chi connectivity index (χ0) is 10.0. The Bertz CT molecular complexity index is 315. The second-order valence-electron chi connectivity index (χ2n) is 2.63. The minimum atomic E-state index is -2.55. The number of aromatic nitrogens is 1. The van der Waals surface area contributed by atoms with Gasteiger partial charge < -0.3 is 5.73 Å². The van der Waals surface area contributed by atoms with Gasteiger partial charge in [0.05, 0.1) is 11.9 Å². The molecule has 0 radical (unpaired) electrons. The van der Waals surface area contributed by atoms with E-state index >= 15 is 0 Å². The van der Waals surface area contributed by atoms with Crippen molar-refractivity contribution in [1.82, 2.24) is 4.98 Å². The minimum absolute atomic E-state index is 0.0510. The number of alkyl halides is 3. The fourth-order valence-electron chi connectivity index (χ4n) is 1.11. The summed E-state index contributed by atoms with van der Waals surface area (Å²) in [7, 11) is 0. The quantitative estimate of drug-likeness (QED) is 0.821. The van der Waals surface area contributed by atoms with Crippen LogP contribution in [0.5, 0.6) is 0 Å².